The van der Waals surface area contributed by atoms with Gasteiger partial charge in [-0.1, -0.05) is 19.9 Å². The summed E-state index contributed by atoms with van der Waals surface area (Å²) < 4.78 is 17.0. The van der Waals surface area contributed by atoms with Crippen LogP contribution >= 0.6 is 11.8 Å². The second-order valence-electron chi connectivity index (χ2n) is 8.92. The molecule has 2 aliphatic rings. The molecule has 0 fully saturated rings. The lowest BCUT2D eigenvalue weighted by atomic mass is 10.1. The van der Waals surface area contributed by atoms with E-state index in [9.17, 15) is 9.59 Å². The molecule has 2 aromatic rings. The van der Waals surface area contributed by atoms with E-state index in [4.69, 9.17) is 19.6 Å². The summed E-state index contributed by atoms with van der Waals surface area (Å²) in [6, 6.07) is 12.3. The Morgan fingerprint density at radius 2 is 1.87 bits per heavy atom. The van der Waals surface area contributed by atoms with Crippen molar-refractivity contribution in [3.8, 4) is 17.2 Å². The van der Waals surface area contributed by atoms with Crippen LogP contribution in [0.3, 0.4) is 0 Å². The summed E-state index contributed by atoms with van der Waals surface area (Å²) in [6.07, 6.45) is 2.36. The molecule has 2 aromatic carbocycles. The third-order valence-electron chi connectivity index (χ3n) is 5.36. The predicted molar refractivity (Wildman–Crippen MR) is 149 cm³/mol. The number of rotatable bonds is 10. The molecule has 2 aliphatic heterocycles. The molecule has 0 saturated carbocycles. The first kappa shape index (κ1) is 26.9. The van der Waals surface area contributed by atoms with E-state index in [1.165, 1.54) is 30.8 Å². The molecule has 0 saturated heterocycles. The predicted octanol–water partition coefficient (Wildman–Crippen LogP) is 4.78. The molecule has 10 nitrogen and oxygen atoms in total. The molecule has 11 heteroatoms. The van der Waals surface area contributed by atoms with Gasteiger partial charge in [0.25, 0.3) is 5.91 Å². The fourth-order valence-electron chi connectivity index (χ4n) is 3.67. The van der Waals surface area contributed by atoms with E-state index in [1.807, 2.05) is 0 Å². The number of methoxy groups -OCH3 is 1. The highest BCUT2D eigenvalue weighted by Crippen LogP contribution is 2.32. The highest BCUT2D eigenvalue weighted by Gasteiger charge is 2.35. The third kappa shape index (κ3) is 6.60. The van der Waals surface area contributed by atoms with Crippen LogP contribution in [0.15, 0.2) is 58.1 Å². The van der Waals surface area contributed by atoms with E-state index in [0.717, 1.165) is 11.5 Å². The Labute approximate surface area is 225 Å². The number of fused-ring (bicyclic) bond motifs is 1. The fourth-order valence-corrected chi connectivity index (χ4v) is 4.77. The van der Waals surface area contributed by atoms with Gasteiger partial charge in [-0.2, -0.15) is 15.1 Å². The van der Waals surface area contributed by atoms with Gasteiger partial charge in [-0.3, -0.25) is 15.0 Å². The van der Waals surface area contributed by atoms with E-state index < -0.39 is 5.91 Å². The van der Waals surface area contributed by atoms with Gasteiger partial charge in [0.15, 0.2) is 17.3 Å². The number of carbonyl (C=O) groups is 2. The van der Waals surface area contributed by atoms with Crippen LogP contribution in [0.2, 0.25) is 0 Å². The number of anilines is 1. The Kier molecular flexibility index (Phi) is 8.47. The van der Waals surface area contributed by atoms with Gasteiger partial charge >= 0.3 is 0 Å². The molecule has 38 heavy (non-hydrogen) atoms. The number of hydrogen-bond acceptors (Lipinski definition) is 8. The first-order chi connectivity index (χ1) is 18.2. The minimum atomic E-state index is -0.476. The zero-order valence-corrected chi connectivity index (χ0v) is 22.4. The number of thioether (sulfide) groups is 1. The van der Waals surface area contributed by atoms with Gasteiger partial charge in [0.2, 0.25) is 11.1 Å². The third-order valence-corrected chi connectivity index (χ3v) is 6.29. The molecule has 0 bridgehead atoms. The molecule has 0 spiro atoms. The van der Waals surface area contributed by atoms with E-state index in [-0.39, 0.29) is 23.9 Å². The second kappa shape index (κ2) is 12.0. The van der Waals surface area contributed by atoms with Crippen LogP contribution in [0, 0.1) is 11.3 Å². The van der Waals surface area contributed by atoms with Gasteiger partial charge < -0.3 is 19.5 Å². The van der Waals surface area contributed by atoms with E-state index in [0.29, 0.717) is 46.2 Å². The molecule has 0 unspecified atom stereocenters. The molecule has 2 N–H and O–H groups in total. The van der Waals surface area contributed by atoms with Crippen LogP contribution in [-0.2, 0) is 9.59 Å². The lowest BCUT2D eigenvalue weighted by Crippen LogP contribution is -2.35. The van der Waals surface area contributed by atoms with Crippen molar-refractivity contribution in [2.75, 3.05) is 25.6 Å². The second-order valence-corrected chi connectivity index (χ2v) is 9.97. The van der Waals surface area contributed by atoms with Gasteiger partial charge in [-0.25, -0.2) is 0 Å². The Hall–Kier alpha value is -4.12. The van der Waals surface area contributed by atoms with Crippen molar-refractivity contribution in [2.45, 2.75) is 27.2 Å². The highest BCUT2D eigenvalue weighted by molar-refractivity contribution is 8.26. The first-order valence-electron chi connectivity index (χ1n) is 12.0. The van der Waals surface area contributed by atoms with Gasteiger partial charge in [0.1, 0.15) is 24.0 Å². The van der Waals surface area contributed by atoms with Gasteiger partial charge in [0.05, 0.1) is 12.7 Å². The molecule has 2 heterocycles. The summed E-state index contributed by atoms with van der Waals surface area (Å²) in [7, 11) is 1.53. The van der Waals surface area contributed by atoms with Crippen LogP contribution < -0.4 is 19.5 Å². The summed E-state index contributed by atoms with van der Waals surface area (Å²) in [5.74, 6) is 1.44. The van der Waals surface area contributed by atoms with Crippen molar-refractivity contribution in [3.63, 3.8) is 0 Å². The van der Waals surface area contributed by atoms with Crippen LogP contribution in [0.25, 0.3) is 6.08 Å². The number of amidine groups is 2. The van der Waals surface area contributed by atoms with Crippen molar-refractivity contribution < 1.29 is 23.8 Å². The van der Waals surface area contributed by atoms with Crippen molar-refractivity contribution in [1.82, 2.24) is 5.01 Å². The average Bonchev–Trinajstić information content (AvgIpc) is 3.27. The lowest BCUT2D eigenvalue weighted by Gasteiger charge is -2.20. The molecule has 0 atom stereocenters. The molecule has 0 radical (unpaired) electrons. The Balaban J connectivity index is 1.38. The molecule has 4 rings (SSSR count). The molecule has 0 aliphatic carbocycles. The number of amides is 2. The van der Waals surface area contributed by atoms with Gasteiger partial charge in [-0.15, -0.1) is 0 Å². The average molecular weight is 536 g/mol. The number of hydrogen-bond donors (Lipinski definition) is 2. The summed E-state index contributed by atoms with van der Waals surface area (Å²) >= 11 is 1.33. The highest BCUT2D eigenvalue weighted by atomic mass is 32.2. The summed E-state index contributed by atoms with van der Waals surface area (Å²) in [5, 5.41) is 18.4. The number of aliphatic imine (C=N–C) groups is 1. The van der Waals surface area contributed by atoms with Crippen LogP contribution in [0.4, 0.5) is 5.69 Å². The largest absolute Gasteiger partial charge is 0.493 e. The normalized spacial score (nSPS) is 15.8. The summed E-state index contributed by atoms with van der Waals surface area (Å²) in [4.78, 5) is 27.9. The smallest absolute Gasteiger partial charge is 0.283 e. The van der Waals surface area contributed by atoms with Crippen molar-refractivity contribution >= 4 is 51.4 Å². The van der Waals surface area contributed by atoms with Crippen molar-refractivity contribution in [3.05, 3.63) is 53.6 Å². The maximum Gasteiger partial charge on any atom is 0.283 e. The zero-order valence-electron chi connectivity index (χ0n) is 21.6. The fraction of sp³-hybridized carbons (Fsp3) is 0.296. The molecular formula is C27H29N5O5S. The lowest BCUT2D eigenvalue weighted by molar-refractivity contribution is -0.115. The minimum Gasteiger partial charge on any atom is -0.493 e. The van der Waals surface area contributed by atoms with Crippen molar-refractivity contribution in [1.29, 1.82) is 5.41 Å². The molecule has 198 valence electrons. The SMILES string of the molecule is COc1cc(/C=C2\C(=N)N3N=C(CC(C)C)SC3=NC2=O)ccc1OCCOc1ccc(NC(C)=O)cc1. The van der Waals surface area contributed by atoms with Crippen LogP contribution in [0.5, 0.6) is 17.2 Å². The van der Waals surface area contributed by atoms with Crippen LogP contribution in [-0.4, -0.2) is 53.2 Å². The Bertz CT molecular complexity index is 1330. The quantitative estimate of drug-likeness (QED) is 0.331. The van der Waals surface area contributed by atoms with Gasteiger partial charge in [0, 0.05) is 19.0 Å². The van der Waals surface area contributed by atoms with E-state index in [2.05, 4.69) is 29.3 Å². The molecular weight excluding hydrogens is 506 g/mol. The molecule has 2 amide bonds. The van der Waals surface area contributed by atoms with Crippen molar-refractivity contribution in [2.24, 2.45) is 16.0 Å². The maximum absolute atomic E-state index is 12.7. The van der Waals surface area contributed by atoms with E-state index in [1.54, 1.807) is 48.5 Å². The number of nitrogens with one attached hydrogen (secondary N) is 2. The number of benzene rings is 2. The van der Waals surface area contributed by atoms with E-state index >= 15 is 0 Å². The molecule has 0 aromatic heterocycles. The van der Waals surface area contributed by atoms with Gasteiger partial charge in [-0.05, 0) is 65.7 Å². The first-order valence-corrected chi connectivity index (χ1v) is 12.9. The summed E-state index contributed by atoms with van der Waals surface area (Å²) in [6.45, 7) is 6.20. The standard InChI is InChI=1S/C27H29N5O5S/c1-16(2)13-24-31-32-25(28)21(26(34)30-27(32)38-24)14-18-5-10-22(23(15-18)35-4)37-12-11-36-20-8-6-19(7-9-20)29-17(3)33/h5-10,14-16,28H,11-13H2,1-4H3,(H,29,33)/b21-14+,28-25?. The maximum atomic E-state index is 12.7. The number of hydrazone groups is 1. The number of carbonyl (C=O) groups excluding carboxylic acids is 2. The monoisotopic (exact) mass is 535 g/mol. The Morgan fingerprint density at radius 1 is 1.13 bits per heavy atom. The summed E-state index contributed by atoms with van der Waals surface area (Å²) in [5.41, 5.74) is 1.51. The Morgan fingerprint density at radius 3 is 2.55 bits per heavy atom. The minimum absolute atomic E-state index is 0.00666. The van der Waals surface area contributed by atoms with Crippen LogP contribution in [0.1, 0.15) is 32.8 Å². The topological polar surface area (TPSA) is 126 Å². The number of ether oxygens (including phenoxy) is 3. The number of nitrogens with zero attached hydrogens (tertiary/aromatic N) is 3. The zero-order chi connectivity index (χ0) is 27.2.